The van der Waals surface area contributed by atoms with Crippen molar-refractivity contribution in [1.82, 2.24) is 10.2 Å². The number of hydrogen-bond acceptors (Lipinski definition) is 2. The topological polar surface area (TPSA) is 15.3 Å². The highest BCUT2D eigenvalue weighted by atomic mass is 15.2. The van der Waals surface area contributed by atoms with Gasteiger partial charge in [0.1, 0.15) is 0 Å². The predicted molar refractivity (Wildman–Crippen MR) is 76.4 cm³/mol. The minimum Gasteiger partial charge on any atom is -0.315 e. The van der Waals surface area contributed by atoms with Gasteiger partial charge in [-0.05, 0) is 51.1 Å². The van der Waals surface area contributed by atoms with Crippen LogP contribution >= 0.6 is 0 Å². The standard InChI is InChI=1S/C15H32N2/c1-6-9-16-11-15(12(2)3)17-10-7-8-13(4)14(17)5/h12-16H,6-11H2,1-5H3. The van der Waals surface area contributed by atoms with Crippen LogP contribution in [0.2, 0.25) is 0 Å². The molecule has 1 heterocycles. The number of nitrogens with zero attached hydrogens (tertiary/aromatic N) is 1. The maximum Gasteiger partial charge on any atom is 0.0246 e. The van der Waals surface area contributed by atoms with E-state index in [0.717, 1.165) is 31.0 Å². The average Bonchev–Trinajstić information content (AvgIpc) is 2.29. The number of hydrogen-bond donors (Lipinski definition) is 1. The lowest BCUT2D eigenvalue weighted by molar-refractivity contribution is 0.0470. The van der Waals surface area contributed by atoms with E-state index in [0.29, 0.717) is 6.04 Å². The molecule has 0 bridgehead atoms. The number of likely N-dealkylation sites (tertiary alicyclic amines) is 1. The zero-order valence-electron chi connectivity index (χ0n) is 12.5. The summed E-state index contributed by atoms with van der Waals surface area (Å²) in [4.78, 5) is 2.75. The van der Waals surface area contributed by atoms with E-state index in [1.54, 1.807) is 0 Å². The number of nitrogens with one attached hydrogen (secondary N) is 1. The molecule has 2 nitrogen and oxygen atoms in total. The second kappa shape index (κ2) is 7.38. The van der Waals surface area contributed by atoms with Crippen molar-refractivity contribution in [2.24, 2.45) is 11.8 Å². The maximum absolute atomic E-state index is 3.61. The molecule has 0 aromatic heterocycles. The van der Waals surface area contributed by atoms with Crippen LogP contribution in [0.15, 0.2) is 0 Å². The van der Waals surface area contributed by atoms with E-state index >= 15 is 0 Å². The molecule has 1 aliphatic rings. The summed E-state index contributed by atoms with van der Waals surface area (Å²) in [6, 6.07) is 1.46. The third-order valence-corrected chi connectivity index (χ3v) is 4.40. The summed E-state index contributed by atoms with van der Waals surface area (Å²) >= 11 is 0. The van der Waals surface area contributed by atoms with E-state index in [9.17, 15) is 0 Å². The highest BCUT2D eigenvalue weighted by Gasteiger charge is 2.31. The van der Waals surface area contributed by atoms with Crippen LogP contribution in [0.25, 0.3) is 0 Å². The van der Waals surface area contributed by atoms with Gasteiger partial charge < -0.3 is 5.32 Å². The molecule has 0 spiro atoms. The first-order chi connectivity index (χ1) is 8.07. The zero-order chi connectivity index (χ0) is 12.8. The molecule has 3 atom stereocenters. The molecule has 0 aliphatic carbocycles. The van der Waals surface area contributed by atoms with E-state index in [4.69, 9.17) is 0 Å². The summed E-state index contributed by atoms with van der Waals surface area (Å²) in [5, 5.41) is 3.61. The lowest BCUT2D eigenvalue weighted by Gasteiger charge is -2.44. The molecule has 3 unspecified atom stereocenters. The van der Waals surface area contributed by atoms with Crippen molar-refractivity contribution in [2.75, 3.05) is 19.6 Å². The molecule has 0 saturated carbocycles. The molecule has 102 valence electrons. The van der Waals surface area contributed by atoms with Crippen LogP contribution in [-0.2, 0) is 0 Å². The number of rotatable bonds is 6. The van der Waals surface area contributed by atoms with E-state index < -0.39 is 0 Å². The van der Waals surface area contributed by atoms with Crippen molar-refractivity contribution in [3.8, 4) is 0 Å². The van der Waals surface area contributed by atoms with E-state index in [-0.39, 0.29) is 0 Å². The maximum atomic E-state index is 3.61. The molecule has 1 fully saturated rings. The summed E-state index contributed by atoms with van der Waals surface area (Å²) in [7, 11) is 0. The Morgan fingerprint density at radius 3 is 2.59 bits per heavy atom. The zero-order valence-corrected chi connectivity index (χ0v) is 12.5. The fourth-order valence-electron chi connectivity index (χ4n) is 3.00. The first-order valence-corrected chi connectivity index (χ1v) is 7.54. The summed E-state index contributed by atoms with van der Waals surface area (Å²) in [6.07, 6.45) is 4.02. The van der Waals surface area contributed by atoms with Gasteiger partial charge in [-0.15, -0.1) is 0 Å². The highest BCUT2D eigenvalue weighted by molar-refractivity contribution is 4.86. The van der Waals surface area contributed by atoms with Crippen LogP contribution in [0, 0.1) is 11.8 Å². The van der Waals surface area contributed by atoms with Crippen LogP contribution in [-0.4, -0.2) is 36.6 Å². The Kier molecular flexibility index (Phi) is 6.50. The van der Waals surface area contributed by atoms with E-state index in [1.165, 1.54) is 25.8 Å². The lowest BCUT2D eigenvalue weighted by Crippen LogP contribution is -2.53. The first-order valence-electron chi connectivity index (χ1n) is 7.54. The molecule has 1 rings (SSSR count). The van der Waals surface area contributed by atoms with Gasteiger partial charge in [0.2, 0.25) is 0 Å². The SMILES string of the molecule is CCCNCC(C(C)C)N1CCCC(C)C1C. The van der Waals surface area contributed by atoms with Crippen LogP contribution < -0.4 is 5.32 Å². The third-order valence-electron chi connectivity index (χ3n) is 4.40. The highest BCUT2D eigenvalue weighted by Crippen LogP contribution is 2.26. The monoisotopic (exact) mass is 240 g/mol. The molecule has 0 aromatic carbocycles. The molecular formula is C15H32N2. The van der Waals surface area contributed by atoms with Crippen LogP contribution in [0.3, 0.4) is 0 Å². The molecule has 1 N–H and O–H groups in total. The van der Waals surface area contributed by atoms with Gasteiger partial charge in [0.05, 0.1) is 0 Å². The molecule has 1 saturated heterocycles. The third kappa shape index (κ3) is 4.26. The molecule has 17 heavy (non-hydrogen) atoms. The summed E-state index contributed by atoms with van der Waals surface area (Å²) in [5.41, 5.74) is 0. The summed E-state index contributed by atoms with van der Waals surface area (Å²) in [6.45, 7) is 15.4. The van der Waals surface area contributed by atoms with E-state index in [1.807, 2.05) is 0 Å². The summed E-state index contributed by atoms with van der Waals surface area (Å²) < 4.78 is 0. The van der Waals surface area contributed by atoms with Crippen LogP contribution in [0.5, 0.6) is 0 Å². The molecular weight excluding hydrogens is 208 g/mol. The van der Waals surface area contributed by atoms with Crippen molar-refractivity contribution in [3.05, 3.63) is 0 Å². The lowest BCUT2D eigenvalue weighted by atomic mass is 9.88. The summed E-state index contributed by atoms with van der Waals surface area (Å²) in [5.74, 6) is 1.60. The van der Waals surface area contributed by atoms with Crippen molar-refractivity contribution >= 4 is 0 Å². The van der Waals surface area contributed by atoms with Gasteiger partial charge in [-0.2, -0.15) is 0 Å². The predicted octanol–water partition coefficient (Wildman–Crippen LogP) is 3.13. The second-order valence-corrected chi connectivity index (χ2v) is 6.11. The molecule has 1 aliphatic heterocycles. The minimum absolute atomic E-state index is 0.708. The fourth-order valence-corrected chi connectivity index (χ4v) is 3.00. The number of piperidine rings is 1. The minimum atomic E-state index is 0.708. The van der Waals surface area contributed by atoms with Gasteiger partial charge in [-0.25, -0.2) is 0 Å². The Hall–Kier alpha value is -0.0800. The Labute approximate surface area is 108 Å². The molecule has 0 radical (unpaired) electrons. The van der Waals surface area contributed by atoms with Gasteiger partial charge in [0.15, 0.2) is 0 Å². The normalized spacial score (nSPS) is 28.6. The van der Waals surface area contributed by atoms with Crippen molar-refractivity contribution in [1.29, 1.82) is 0 Å². The van der Waals surface area contributed by atoms with Crippen LogP contribution in [0.1, 0.15) is 53.9 Å². The Balaban J connectivity index is 2.55. The fraction of sp³-hybridized carbons (Fsp3) is 1.00. The van der Waals surface area contributed by atoms with Crippen molar-refractivity contribution in [3.63, 3.8) is 0 Å². The van der Waals surface area contributed by atoms with Gasteiger partial charge in [-0.3, -0.25) is 4.90 Å². The molecule has 0 amide bonds. The van der Waals surface area contributed by atoms with E-state index in [2.05, 4.69) is 44.8 Å². The van der Waals surface area contributed by atoms with Crippen LogP contribution in [0.4, 0.5) is 0 Å². The second-order valence-electron chi connectivity index (χ2n) is 6.11. The smallest absolute Gasteiger partial charge is 0.0246 e. The largest absolute Gasteiger partial charge is 0.315 e. The first kappa shape index (κ1) is 15.0. The Morgan fingerprint density at radius 2 is 2.00 bits per heavy atom. The van der Waals surface area contributed by atoms with Gasteiger partial charge in [0, 0.05) is 18.6 Å². The van der Waals surface area contributed by atoms with Gasteiger partial charge in [0.25, 0.3) is 0 Å². The average molecular weight is 240 g/mol. The Bertz CT molecular complexity index is 203. The quantitative estimate of drug-likeness (QED) is 0.718. The van der Waals surface area contributed by atoms with Crippen molar-refractivity contribution in [2.45, 2.75) is 66.0 Å². The van der Waals surface area contributed by atoms with Gasteiger partial charge in [-0.1, -0.05) is 27.7 Å². The Morgan fingerprint density at radius 1 is 1.29 bits per heavy atom. The van der Waals surface area contributed by atoms with Crippen molar-refractivity contribution < 1.29 is 0 Å². The van der Waals surface area contributed by atoms with Gasteiger partial charge >= 0.3 is 0 Å². The molecule has 2 heteroatoms. The molecule has 0 aromatic rings.